The number of carbonyl (C=O) groups excluding carboxylic acids is 1. The summed E-state index contributed by atoms with van der Waals surface area (Å²) in [7, 11) is 1.97. The number of para-hydroxylation sites is 2. The lowest BCUT2D eigenvalue weighted by Gasteiger charge is -2.50. The predicted octanol–water partition coefficient (Wildman–Crippen LogP) is 4.61. The molecular weight excluding hydrogens is 366 g/mol. The van der Waals surface area contributed by atoms with Crippen LogP contribution in [-0.2, 0) is 16.6 Å². The Labute approximate surface area is 169 Å². The van der Waals surface area contributed by atoms with Gasteiger partial charge in [0, 0.05) is 29.8 Å². The van der Waals surface area contributed by atoms with Gasteiger partial charge in [0.05, 0.1) is 17.2 Å². The number of hydrogen-bond acceptors (Lipinski definition) is 4. The van der Waals surface area contributed by atoms with Crippen LogP contribution in [0, 0.1) is 0 Å². The van der Waals surface area contributed by atoms with E-state index in [1.165, 1.54) is 16.0 Å². The highest BCUT2D eigenvalue weighted by atomic mass is 32.2. The molecule has 1 unspecified atom stereocenters. The van der Waals surface area contributed by atoms with Crippen LogP contribution in [0.3, 0.4) is 0 Å². The van der Waals surface area contributed by atoms with Gasteiger partial charge < -0.3 is 4.90 Å². The number of aryl methyl sites for hydroxylation is 1. The van der Waals surface area contributed by atoms with Crippen molar-refractivity contribution in [3.63, 3.8) is 0 Å². The third-order valence-electron chi connectivity index (χ3n) is 6.48. The van der Waals surface area contributed by atoms with E-state index in [9.17, 15) is 4.79 Å². The Morgan fingerprint density at radius 2 is 1.96 bits per heavy atom. The number of benzene rings is 2. The number of likely N-dealkylation sites (N-methyl/N-ethyl adjacent to an activating group) is 1. The van der Waals surface area contributed by atoms with Crippen LogP contribution in [0.15, 0.2) is 58.6 Å². The molecule has 1 saturated heterocycles. The SMILES string of the molecule is CN1C(=O)CC[C@]2(C)c3ccc(Sc4cnc5ccccc5n4)cc3CCC12. The first kappa shape index (κ1) is 17.7. The minimum Gasteiger partial charge on any atom is -0.342 e. The number of piperidine rings is 1. The number of nitrogens with zero attached hydrogens (tertiary/aromatic N) is 3. The Morgan fingerprint density at radius 1 is 1.14 bits per heavy atom. The van der Waals surface area contributed by atoms with Crippen LogP contribution in [0.1, 0.15) is 37.3 Å². The second-order valence-corrected chi connectivity index (χ2v) is 9.19. The van der Waals surface area contributed by atoms with Gasteiger partial charge in [0.2, 0.25) is 5.91 Å². The summed E-state index contributed by atoms with van der Waals surface area (Å²) in [5, 5.41) is 0.918. The highest BCUT2D eigenvalue weighted by Crippen LogP contribution is 2.46. The molecule has 1 aliphatic heterocycles. The van der Waals surface area contributed by atoms with Gasteiger partial charge in [0.1, 0.15) is 5.03 Å². The normalized spacial score (nSPS) is 24.1. The molecule has 2 atom stereocenters. The molecule has 5 rings (SSSR count). The quantitative estimate of drug-likeness (QED) is 0.642. The van der Waals surface area contributed by atoms with Gasteiger partial charge in [-0.1, -0.05) is 36.9 Å². The minimum atomic E-state index is 0.0577. The van der Waals surface area contributed by atoms with Crippen LogP contribution in [-0.4, -0.2) is 33.9 Å². The van der Waals surface area contributed by atoms with Gasteiger partial charge in [-0.15, -0.1) is 0 Å². The predicted molar refractivity (Wildman–Crippen MR) is 112 cm³/mol. The van der Waals surface area contributed by atoms with E-state index in [2.05, 4.69) is 30.1 Å². The monoisotopic (exact) mass is 389 g/mol. The first-order valence-electron chi connectivity index (χ1n) is 9.83. The summed E-state index contributed by atoms with van der Waals surface area (Å²) in [6.07, 6.45) is 5.49. The van der Waals surface area contributed by atoms with Crippen LogP contribution < -0.4 is 0 Å². The van der Waals surface area contributed by atoms with Crippen molar-refractivity contribution < 1.29 is 4.79 Å². The minimum absolute atomic E-state index is 0.0577. The Hall–Kier alpha value is -2.40. The van der Waals surface area contributed by atoms with Crippen molar-refractivity contribution in [3.8, 4) is 0 Å². The van der Waals surface area contributed by atoms with Gasteiger partial charge in [0.25, 0.3) is 0 Å². The van der Waals surface area contributed by atoms with Gasteiger partial charge in [-0.25, -0.2) is 4.98 Å². The van der Waals surface area contributed by atoms with Gasteiger partial charge >= 0.3 is 0 Å². The second kappa shape index (κ2) is 6.59. The maximum absolute atomic E-state index is 12.2. The Balaban J connectivity index is 1.45. The average molecular weight is 390 g/mol. The fourth-order valence-electron chi connectivity index (χ4n) is 4.94. The van der Waals surface area contributed by atoms with E-state index < -0.39 is 0 Å². The second-order valence-electron chi connectivity index (χ2n) is 8.09. The van der Waals surface area contributed by atoms with E-state index in [0.717, 1.165) is 35.3 Å². The molecule has 2 heterocycles. The molecule has 2 aliphatic rings. The third kappa shape index (κ3) is 2.80. The molecule has 5 heteroatoms. The van der Waals surface area contributed by atoms with Crippen LogP contribution in [0.25, 0.3) is 11.0 Å². The van der Waals surface area contributed by atoms with Crippen molar-refractivity contribution in [2.45, 2.75) is 54.0 Å². The van der Waals surface area contributed by atoms with Gasteiger partial charge in [-0.05, 0) is 54.7 Å². The number of aromatic nitrogens is 2. The van der Waals surface area contributed by atoms with E-state index in [1.54, 1.807) is 11.8 Å². The smallest absolute Gasteiger partial charge is 0.222 e. The molecule has 1 amide bonds. The van der Waals surface area contributed by atoms with E-state index in [-0.39, 0.29) is 11.3 Å². The van der Waals surface area contributed by atoms with E-state index >= 15 is 0 Å². The number of rotatable bonds is 2. The fourth-order valence-corrected chi connectivity index (χ4v) is 5.77. The molecule has 0 spiro atoms. The molecule has 4 nitrogen and oxygen atoms in total. The summed E-state index contributed by atoms with van der Waals surface area (Å²) >= 11 is 1.67. The van der Waals surface area contributed by atoms with Crippen molar-refractivity contribution in [3.05, 3.63) is 59.8 Å². The zero-order valence-corrected chi connectivity index (χ0v) is 17.0. The van der Waals surface area contributed by atoms with Crippen molar-refractivity contribution >= 4 is 28.7 Å². The van der Waals surface area contributed by atoms with Crippen molar-refractivity contribution in [1.29, 1.82) is 0 Å². The summed E-state index contributed by atoms with van der Waals surface area (Å²) in [4.78, 5) is 24.6. The first-order chi connectivity index (χ1) is 13.5. The number of amides is 1. The first-order valence-corrected chi connectivity index (χ1v) is 10.6. The number of likely N-dealkylation sites (tertiary alicyclic amines) is 1. The van der Waals surface area contributed by atoms with Gasteiger partial charge in [0.15, 0.2) is 0 Å². The molecule has 142 valence electrons. The van der Waals surface area contributed by atoms with Gasteiger partial charge in [-0.2, -0.15) is 0 Å². The molecule has 2 aromatic carbocycles. The van der Waals surface area contributed by atoms with Crippen LogP contribution in [0.2, 0.25) is 0 Å². The van der Waals surface area contributed by atoms with Crippen LogP contribution in [0.4, 0.5) is 0 Å². The summed E-state index contributed by atoms with van der Waals surface area (Å²) in [6.45, 7) is 2.33. The van der Waals surface area contributed by atoms with Crippen molar-refractivity contribution in [2.24, 2.45) is 0 Å². The highest BCUT2D eigenvalue weighted by molar-refractivity contribution is 7.99. The lowest BCUT2D eigenvalue weighted by molar-refractivity contribution is -0.138. The van der Waals surface area contributed by atoms with Crippen molar-refractivity contribution in [1.82, 2.24) is 14.9 Å². The Kier molecular flexibility index (Phi) is 4.16. The molecular formula is C23H23N3OS. The zero-order chi connectivity index (χ0) is 19.3. The van der Waals surface area contributed by atoms with Crippen molar-refractivity contribution in [2.75, 3.05) is 7.05 Å². The zero-order valence-electron chi connectivity index (χ0n) is 16.2. The lowest BCUT2D eigenvalue weighted by Crippen LogP contribution is -2.56. The van der Waals surface area contributed by atoms with E-state index in [4.69, 9.17) is 4.98 Å². The molecule has 1 fully saturated rings. The van der Waals surface area contributed by atoms with Gasteiger partial charge in [-0.3, -0.25) is 9.78 Å². The Morgan fingerprint density at radius 3 is 2.82 bits per heavy atom. The third-order valence-corrected chi connectivity index (χ3v) is 7.38. The highest BCUT2D eigenvalue weighted by Gasteiger charge is 2.46. The fraction of sp³-hybridized carbons (Fsp3) is 0.348. The molecule has 1 aromatic heterocycles. The maximum atomic E-state index is 12.2. The molecule has 1 aliphatic carbocycles. The molecule has 0 saturated carbocycles. The molecule has 0 bridgehead atoms. The molecule has 0 radical (unpaired) electrons. The number of carbonyl (C=O) groups is 1. The topological polar surface area (TPSA) is 46.1 Å². The largest absolute Gasteiger partial charge is 0.342 e. The number of fused-ring (bicyclic) bond motifs is 4. The summed E-state index contributed by atoms with van der Waals surface area (Å²) in [5.41, 5.74) is 4.74. The standard InChI is InChI=1S/C23H23N3OS/c1-23-12-11-22(27)26(2)20(23)10-7-15-13-16(8-9-17(15)23)28-21-14-24-18-5-3-4-6-19(18)25-21/h3-6,8-9,13-14,20H,7,10-12H2,1-2H3/t20?,23-/m1/s1. The molecule has 28 heavy (non-hydrogen) atoms. The van der Waals surface area contributed by atoms with Crippen LogP contribution in [0.5, 0.6) is 0 Å². The van der Waals surface area contributed by atoms with E-state index in [0.29, 0.717) is 12.5 Å². The summed E-state index contributed by atoms with van der Waals surface area (Å²) in [5.74, 6) is 0.285. The molecule has 0 N–H and O–H groups in total. The number of hydrogen-bond donors (Lipinski definition) is 0. The van der Waals surface area contributed by atoms with E-state index in [1.807, 2.05) is 42.4 Å². The summed E-state index contributed by atoms with van der Waals surface area (Å²) in [6, 6.07) is 15.1. The average Bonchev–Trinajstić information content (AvgIpc) is 2.71. The maximum Gasteiger partial charge on any atom is 0.222 e. The Bertz CT molecular complexity index is 1080. The summed E-state index contributed by atoms with van der Waals surface area (Å²) < 4.78 is 0. The van der Waals surface area contributed by atoms with Crippen LogP contribution >= 0.6 is 11.8 Å². The lowest BCUT2D eigenvalue weighted by atomic mass is 9.63. The molecule has 3 aromatic rings.